The molecular weight excluding hydrogens is 410 g/mol. The fourth-order valence-electron chi connectivity index (χ4n) is 2.80. The highest BCUT2D eigenvalue weighted by Gasteiger charge is 2.10. The molecule has 4 rings (SSSR count). The molecule has 0 aliphatic heterocycles. The van der Waals surface area contributed by atoms with Crippen molar-refractivity contribution in [1.82, 2.24) is 4.98 Å². The van der Waals surface area contributed by atoms with Crippen molar-refractivity contribution in [2.24, 2.45) is 0 Å². The Morgan fingerprint density at radius 1 is 0.885 bits per heavy atom. The highest BCUT2D eigenvalue weighted by atomic mass is 79.9. The van der Waals surface area contributed by atoms with Crippen molar-refractivity contribution in [3.8, 4) is 17.0 Å². The van der Waals surface area contributed by atoms with E-state index in [1.165, 1.54) is 0 Å². The van der Waals surface area contributed by atoms with Crippen LogP contribution in [0, 0.1) is 0 Å². The third kappa shape index (κ3) is 3.59. The van der Waals surface area contributed by atoms with Gasteiger partial charge in [-0.05, 0) is 35.9 Å². The molecule has 4 heteroatoms. The number of aromatic nitrogens is 1. The molecule has 0 unspecified atom stereocenters. The summed E-state index contributed by atoms with van der Waals surface area (Å²) in [6, 6.07) is 25.8. The van der Waals surface area contributed by atoms with Crippen LogP contribution in [-0.4, -0.2) is 4.98 Å². The predicted molar refractivity (Wildman–Crippen MR) is 111 cm³/mol. The zero-order valence-electron chi connectivity index (χ0n) is 13.8. The van der Waals surface area contributed by atoms with E-state index in [-0.39, 0.29) is 0 Å². The van der Waals surface area contributed by atoms with E-state index in [1.54, 1.807) is 0 Å². The first-order valence-corrected chi connectivity index (χ1v) is 9.40. The number of hydrogen-bond donors (Lipinski definition) is 0. The normalized spacial score (nSPS) is 10.8. The smallest absolute Gasteiger partial charge is 0.120 e. The van der Waals surface area contributed by atoms with Crippen LogP contribution in [0.5, 0.6) is 5.75 Å². The second-order valence-electron chi connectivity index (χ2n) is 5.92. The van der Waals surface area contributed by atoms with Crippen molar-refractivity contribution in [2.45, 2.75) is 6.61 Å². The Kier molecular flexibility index (Phi) is 4.91. The predicted octanol–water partition coefficient (Wildman–Crippen LogP) is 6.90. The molecule has 1 heterocycles. The van der Waals surface area contributed by atoms with Gasteiger partial charge >= 0.3 is 0 Å². The molecule has 0 fully saturated rings. The Balaban J connectivity index is 1.66. The quantitative estimate of drug-likeness (QED) is 0.355. The first-order chi connectivity index (χ1) is 12.7. The lowest BCUT2D eigenvalue weighted by atomic mass is 10.1. The molecule has 0 saturated heterocycles. The van der Waals surface area contributed by atoms with Gasteiger partial charge in [0.1, 0.15) is 12.4 Å². The van der Waals surface area contributed by atoms with E-state index in [4.69, 9.17) is 21.3 Å². The summed E-state index contributed by atoms with van der Waals surface area (Å²) in [6.45, 7) is 0.520. The van der Waals surface area contributed by atoms with Crippen LogP contribution < -0.4 is 4.74 Å². The van der Waals surface area contributed by atoms with Crippen LogP contribution in [0.1, 0.15) is 5.56 Å². The molecule has 0 aliphatic carbocycles. The summed E-state index contributed by atoms with van der Waals surface area (Å²) in [4.78, 5) is 4.76. The van der Waals surface area contributed by atoms with Gasteiger partial charge in [-0.3, -0.25) is 0 Å². The molecule has 26 heavy (non-hydrogen) atoms. The van der Waals surface area contributed by atoms with Crippen LogP contribution in [0.25, 0.3) is 22.2 Å². The Morgan fingerprint density at radius 2 is 1.65 bits per heavy atom. The van der Waals surface area contributed by atoms with Gasteiger partial charge in [-0.25, -0.2) is 4.98 Å². The summed E-state index contributed by atoms with van der Waals surface area (Å²) in [5, 5.41) is 1.54. The lowest BCUT2D eigenvalue weighted by Crippen LogP contribution is -1.95. The number of ether oxygens (including phenoxy) is 1. The Labute approximate surface area is 165 Å². The van der Waals surface area contributed by atoms with Crippen molar-refractivity contribution in [3.05, 3.63) is 93.9 Å². The van der Waals surface area contributed by atoms with Gasteiger partial charge in [-0.15, -0.1) is 0 Å². The number of rotatable bonds is 4. The van der Waals surface area contributed by atoms with E-state index in [2.05, 4.69) is 15.9 Å². The van der Waals surface area contributed by atoms with Gasteiger partial charge in [0.15, 0.2) is 0 Å². The van der Waals surface area contributed by atoms with Crippen molar-refractivity contribution in [3.63, 3.8) is 0 Å². The van der Waals surface area contributed by atoms with E-state index in [0.29, 0.717) is 11.6 Å². The third-order valence-electron chi connectivity index (χ3n) is 4.13. The van der Waals surface area contributed by atoms with Gasteiger partial charge in [-0.1, -0.05) is 76.1 Å². The van der Waals surface area contributed by atoms with Crippen molar-refractivity contribution in [2.75, 3.05) is 0 Å². The molecule has 0 atom stereocenters. The summed E-state index contributed by atoms with van der Waals surface area (Å²) in [5.41, 5.74) is 3.82. The maximum absolute atomic E-state index is 6.54. The standard InChI is InChI=1S/C22H15BrClNO/c23-19-9-5-4-8-17(19)22-13-20(24)18-12-16(10-11-21(18)25-22)26-14-15-6-2-1-3-7-15/h1-13H,14H2. The maximum Gasteiger partial charge on any atom is 0.120 e. The second kappa shape index (κ2) is 7.48. The zero-order valence-corrected chi connectivity index (χ0v) is 16.2. The fourth-order valence-corrected chi connectivity index (χ4v) is 3.54. The zero-order chi connectivity index (χ0) is 17.9. The number of benzene rings is 3. The third-order valence-corrected chi connectivity index (χ3v) is 5.13. The largest absolute Gasteiger partial charge is 0.489 e. The first-order valence-electron chi connectivity index (χ1n) is 8.22. The van der Waals surface area contributed by atoms with Crippen molar-refractivity contribution < 1.29 is 4.74 Å². The van der Waals surface area contributed by atoms with Crippen molar-refractivity contribution >= 4 is 38.4 Å². The number of fused-ring (bicyclic) bond motifs is 1. The van der Waals surface area contributed by atoms with Crippen LogP contribution in [0.4, 0.5) is 0 Å². The molecule has 0 spiro atoms. The second-order valence-corrected chi connectivity index (χ2v) is 7.18. The Morgan fingerprint density at radius 3 is 2.46 bits per heavy atom. The summed E-state index contributed by atoms with van der Waals surface area (Å²) in [6.07, 6.45) is 0. The molecule has 1 aromatic heterocycles. The molecule has 0 N–H and O–H groups in total. The minimum atomic E-state index is 0.520. The topological polar surface area (TPSA) is 22.1 Å². The Bertz CT molecular complexity index is 1070. The van der Waals surface area contributed by atoms with E-state index >= 15 is 0 Å². The van der Waals surface area contributed by atoms with E-state index in [1.807, 2.05) is 78.9 Å². The number of hydrogen-bond acceptors (Lipinski definition) is 2. The van der Waals surface area contributed by atoms with Crippen LogP contribution in [0.2, 0.25) is 5.02 Å². The molecule has 0 saturated carbocycles. The maximum atomic E-state index is 6.54. The lowest BCUT2D eigenvalue weighted by Gasteiger charge is -2.10. The summed E-state index contributed by atoms with van der Waals surface area (Å²) < 4.78 is 6.89. The monoisotopic (exact) mass is 423 g/mol. The van der Waals surface area contributed by atoms with Gasteiger partial charge in [0.05, 0.1) is 16.2 Å². The van der Waals surface area contributed by atoms with Crippen LogP contribution >= 0.6 is 27.5 Å². The van der Waals surface area contributed by atoms with Crippen LogP contribution in [-0.2, 0) is 6.61 Å². The van der Waals surface area contributed by atoms with Gasteiger partial charge < -0.3 is 4.74 Å². The molecule has 3 aromatic carbocycles. The van der Waals surface area contributed by atoms with E-state index in [0.717, 1.165) is 37.9 Å². The summed E-state index contributed by atoms with van der Waals surface area (Å²) in [7, 11) is 0. The SMILES string of the molecule is Clc1cc(-c2ccccc2Br)nc2ccc(OCc3ccccc3)cc12. The number of nitrogens with zero attached hydrogens (tertiary/aromatic N) is 1. The van der Waals surface area contributed by atoms with Gasteiger partial charge in [0.2, 0.25) is 0 Å². The van der Waals surface area contributed by atoms with Crippen molar-refractivity contribution in [1.29, 1.82) is 0 Å². The molecule has 0 amide bonds. The number of pyridine rings is 1. The molecule has 128 valence electrons. The molecule has 2 nitrogen and oxygen atoms in total. The average molecular weight is 425 g/mol. The van der Waals surface area contributed by atoms with E-state index in [9.17, 15) is 0 Å². The Hall–Kier alpha value is -2.36. The average Bonchev–Trinajstić information content (AvgIpc) is 2.67. The molecule has 0 aliphatic rings. The molecule has 0 radical (unpaired) electrons. The van der Waals surface area contributed by atoms with Gasteiger partial charge in [0, 0.05) is 15.4 Å². The van der Waals surface area contributed by atoms with Crippen LogP contribution in [0.3, 0.4) is 0 Å². The highest BCUT2D eigenvalue weighted by molar-refractivity contribution is 9.10. The number of halogens is 2. The van der Waals surface area contributed by atoms with Gasteiger partial charge in [-0.2, -0.15) is 0 Å². The molecular formula is C22H15BrClNO. The molecule has 0 bridgehead atoms. The molecule has 4 aromatic rings. The fraction of sp³-hybridized carbons (Fsp3) is 0.0455. The van der Waals surface area contributed by atoms with Gasteiger partial charge in [0.25, 0.3) is 0 Å². The summed E-state index contributed by atoms with van der Waals surface area (Å²) in [5.74, 6) is 0.777. The minimum absolute atomic E-state index is 0.520. The first kappa shape index (κ1) is 17.1. The lowest BCUT2D eigenvalue weighted by molar-refractivity contribution is 0.306. The summed E-state index contributed by atoms with van der Waals surface area (Å²) >= 11 is 10.1. The van der Waals surface area contributed by atoms with E-state index < -0.39 is 0 Å². The van der Waals surface area contributed by atoms with Crippen LogP contribution in [0.15, 0.2) is 83.3 Å². The minimum Gasteiger partial charge on any atom is -0.489 e. The highest BCUT2D eigenvalue weighted by Crippen LogP contribution is 2.33.